The SMILES string of the molecule is COc1cc(C(=O)NCC(c2cc3c(c(-c4ccc(F)cc4)n2)C3)C2CC2)cc(/C=C(\N)C(F)P)c1N. The molecule has 0 spiro atoms. The summed E-state index contributed by atoms with van der Waals surface area (Å²) in [6.45, 7) is 0.413. The van der Waals surface area contributed by atoms with E-state index in [4.69, 9.17) is 21.2 Å². The molecular weight excluding hydrogens is 493 g/mol. The van der Waals surface area contributed by atoms with E-state index >= 15 is 0 Å². The van der Waals surface area contributed by atoms with Gasteiger partial charge in [-0.15, -0.1) is 0 Å². The Balaban J connectivity index is 1.38. The first-order valence-corrected chi connectivity index (χ1v) is 12.8. The summed E-state index contributed by atoms with van der Waals surface area (Å²) >= 11 is 0. The van der Waals surface area contributed by atoms with Crippen molar-refractivity contribution in [1.82, 2.24) is 10.3 Å². The predicted octanol–water partition coefficient (Wildman–Crippen LogP) is 4.78. The highest BCUT2D eigenvalue weighted by Crippen LogP contribution is 2.45. The van der Waals surface area contributed by atoms with E-state index in [1.807, 2.05) is 9.24 Å². The van der Waals surface area contributed by atoms with Gasteiger partial charge in [0.2, 0.25) is 0 Å². The molecule has 0 radical (unpaired) electrons. The molecule has 0 bridgehead atoms. The number of methoxy groups -OCH3 is 1. The highest BCUT2D eigenvalue weighted by Gasteiger charge is 2.36. The lowest BCUT2D eigenvalue weighted by molar-refractivity contribution is 0.0949. The zero-order chi connectivity index (χ0) is 26.3. The van der Waals surface area contributed by atoms with E-state index in [1.54, 1.807) is 24.3 Å². The number of halogens is 2. The number of nitrogen functional groups attached to an aromatic ring is 1. The van der Waals surface area contributed by atoms with Gasteiger partial charge in [-0.1, -0.05) is 9.24 Å². The molecular formula is C28H29F2N4O2P. The number of ether oxygens (including phenoxy) is 1. The number of rotatable bonds is 9. The summed E-state index contributed by atoms with van der Waals surface area (Å²) in [5.41, 5.74) is 18.0. The summed E-state index contributed by atoms with van der Waals surface area (Å²) in [5, 5.41) is 3.04. The van der Waals surface area contributed by atoms with Crippen molar-refractivity contribution < 1.29 is 18.3 Å². The van der Waals surface area contributed by atoms with E-state index in [9.17, 15) is 13.6 Å². The van der Waals surface area contributed by atoms with Gasteiger partial charge in [0, 0.05) is 47.0 Å². The minimum absolute atomic E-state index is 0.0297. The summed E-state index contributed by atoms with van der Waals surface area (Å²) < 4.78 is 32.4. The molecule has 3 atom stereocenters. The van der Waals surface area contributed by atoms with Gasteiger partial charge < -0.3 is 21.5 Å². The zero-order valence-corrected chi connectivity index (χ0v) is 21.6. The van der Waals surface area contributed by atoms with Crippen LogP contribution in [0.5, 0.6) is 5.75 Å². The molecule has 1 saturated carbocycles. The highest BCUT2D eigenvalue weighted by molar-refractivity contribution is 7.17. The molecule has 192 valence electrons. The number of nitrogens with two attached hydrogens (primary N) is 2. The van der Waals surface area contributed by atoms with Crippen LogP contribution in [-0.2, 0) is 6.42 Å². The first-order valence-electron chi connectivity index (χ1n) is 12.2. The number of fused-ring (bicyclic) bond motifs is 1. The zero-order valence-electron chi connectivity index (χ0n) is 20.4. The third-order valence-corrected chi connectivity index (χ3v) is 7.33. The van der Waals surface area contributed by atoms with Crippen LogP contribution in [0.3, 0.4) is 0 Å². The summed E-state index contributed by atoms with van der Waals surface area (Å²) in [6.07, 6.45) is 4.44. The van der Waals surface area contributed by atoms with Crippen molar-refractivity contribution in [2.75, 3.05) is 19.4 Å². The van der Waals surface area contributed by atoms with Gasteiger partial charge in [-0.05, 0) is 78.4 Å². The van der Waals surface area contributed by atoms with Crippen LogP contribution >= 0.6 is 9.24 Å². The number of nitrogens with one attached hydrogen (secondary N) is 1. The van der Waals surface area contributed by atoms with Crippen molar-refractivity contribution >= 4 is 26.9 Å². The number of carbonyl (C=O) groups is 1. The molecule has 37 heavy (non-hydrogen) atoms. The van der Waals surface area contributed by atoms with Crippen LogP contribution in [0.1, 0.15) is 51.5 Å². The molecule has 5 N–H and O–H groups in total. The minimum Gasteiger partial charge on any atom is -0.495 e. The van der Waals surface area contributed by atoms with Crippen LogP contribution < -0.4 is 21.5 Å². The molecule has 0 saturated heterocycles. The van der Waals surface area contributed by atoms with Crippen LogP contribution in [0.2, 0.25) is 0 Å². The van der Waals surface area contributed by atoms with Crippen LogP contribution in [-0.4, -0.2) is 30.5 Å². The number of carbonyl (C=O) groups excluding carboxylic acids is 1. The van der Waals surface area contributed by atoms with Crippen LogP contribution in [0.4, 0.5) is 14.5 Å². The first kappa shape index (κ1) is 25.2. The van der Waals surface area contributed by atoms with E-state index in [2.05, 4.69) is 11.4 Å². The summed E-state index contributed by atoms with van der Waals surface area (Å²) in [7, 11) is 3.43. The highest BCUT2D eigenvalue weighted by atomic mass is 31.0. The van der Waals surface area contributed by atoms with Crippen LogP contribution in [0.15, 0.2) is 48.2 Å². The maximum Gasteiger partial charge on any atom is 0.251 e. The molecule has 6 nitrogen and oxygen atoms in total. The molecule has 1 amide bonds. The van der Waals surface area contributed by atoms with Gasteiger partial charge in [0.15, 0.2) is 5.91 Å². The number of alkyl halides is 1. The fourth-order valence-corrected chi connectivity index (χ4v) is 4.70. The van der Waals surface area contributed by atoms with E-state index in [0.717, 1.165) is 36.2 Å². The lowest BCUT2D eigenvalue weighted by atomic mass is 9.97. The average Bonchev–Trinajstić information content (AvgIpc) is 3.80. The Morgan fingerprint density at radius 1 is 1.27 bits per heavy atom. The number of pyridine rings is 1. The second kappa shape index (κ2) is 10.1. The van der Waals surface area contributed by atoms with E-state index in [-0.39, 0.29) is 29.0 Å². The molecule has 2 aliphatic rings. The van der Waals surface area contributed by atoms with E-state index in [1.165, 1.54) is 36.4 Å². The average molecular weight is 523 g/mol. The summed E-state index contributed by atoms with van der Waals surface area (Å²) in [5.74, 6) is -1.21. The fraction of sp³-hybridized carbons (Fsp3) is 0.286. The van der Waals surface area contributed by atoms with Gasteiger partial charge in [-0.2, -0.15) is 0 Å². The second-order valence-corrected chi connectivity index (χ2v) is 10.2. The molecule has 0 aliphatic heterocycles. The number of nitrogens with zero attached hydrogens (tertiary/aromatic N) is 1. The van der Waals surface area contributed by atoms with Crippen molar-refractivity contribution in [2.24, 2.45) is 11.7 Å². The minimum atomic E-state index is -1.44. The van der Waals surface area contributed by atoms with E-state index in [0.29, 0.717) is 29.3 Å². The molecule has 1 fully saturated rings. The van der Waals surface area contributed by atoms with Gasteiger partial charge >= 0.3 is 0 Å². The third kappa shape index (κ3) is 5.44. The van der Waals surface area contributed by atoms with Gasteiger partial charge in [0.25, 0.3) is 5.91 Å². The molecule has 2 aromatic carbocycles. The third-order valence-electron chi connectivity index (χ3n) is 6.95. The number of aromatic nitrogens is 1. The Hall–Kier alpha value is -3.51. The standard InChI is InChI=1S/C28H29F2N4O2P/c1-36-24-12-18(8-17(25(24)32)10-22(31)27(30)37)28(35)33-13-21(14-2-3-14)23-11-16-9-20(16)26(34-23)15-4-6-19(29)7-5-15/h4-8,10-12,14,21,27H,2-3,9,13,31-32,37H2,1H3,(H,33,35)/b22-10-. The Morgan fingerprint density at radius 3 is 2.65 bits per heavy atom. The van der Waals surface area contributed by atoms with Crippen molar-refractivity contribution in [1.29, 1.82) is 0 Å². The largest absolute Gasteiger partial charge is 0.495 e. The molecule has 3 unspecified atom stereocenters. The Bertz CT molecular complexity index is 1390. The monoisotopic (exact) mass is 522 g/mol. The van der Waals surface area contributed by atoms with Gasteiger partial charge in [0.05, 0.1) is 18.5 Å². The smallest absolute Gasteiger partial charge is 0.251 e. The molecule has 2 aliphatic carbocycles. The Labute approximate surface area is 216 Å². The molecule has 1 heterocycles. The number of hydrogen-bond donors (Lipinski definition) is 3. The maximum absolute atomic E-state index is 13.6. The van der Waals surface area contributed by atoms with Gasteiger partial charge in [-0.3, -0.25) is 9.78 Å². The number of benzene rings is 2. The lowest BCUT2D eigenvalue weighted by Crippen LogP contribution is -2.29. The first-order chi connectivity index (χ1) is 17.7. The van der Waals surface area contributed by atoms with Crippen LogP contribution in [0.25, 0.3) is 17.3 Å². The molecule has 9 heteroatoms. The van der Waals surface area contributed by atoms with Crippen molar-refractivity contribution in [2.45, 2.75) is 31.1 Å². The normalized spacial score (nSPS) is 16.1. The maximum atomic E-state index is 13.6. The van der Waals surface area contributed by atoms with Gasteiger partial charge in [-0.25, -0.2) is 8.78 Å². The number of anilines is 1. The number of hydrogen-bond acceptors (Lipinski definition) is 5. The lowest BCUT2D eigenvalue weighted by Gasteiger charge is -2.18. The predicted molar refractivity (Wildman–Crippen MR) is 144 cm³/mol. The second-order valence-electron chi connectivity index (χ2n) is 9.60. The molecule has 5 rings (SSSR count). The molecule has 3 aromatic rings. The van der Waals surface area contributed by atoms with Gasteiger partial charge in [0.1, 0.15) is 11.6 Å². The van der Waals surface area contributed by atoms with E-state index < -0.39 is 5.91 Å². The molecule has 1 aromatic heterocycles. The Kier molecular flexibility index (Phi) is 6.86. The topological polar surface area (TPSA) is 103 Å². The number of allylic oxidation sites excluding steroid dienone is 1. The Morgan fingerprint density at radius 2 is 2.00 bits per heavy atom. The van der Waals surface area contributed by atoms with Crippen molar-refractivity contribution in [3.8, 4) is 17.0 Å². The fourth-order valence-electron chi connectivity index (χ4n) is 4.61. The number of amides is 1. The van der Waals surface area contributed by atoms with Crippen LogP contribution in [0, 0.1) is 11.7 Å². The quantitative estimate of drug-likeness (QED) is 0.217. The summed E-state index contributed by atoms with van der Waals surface area (Å²) in [6, 6.07) is 11.7. The summed E-state index contributed by atoms with van der Waals surface area (Å²) in [4.78, 5) is 18.1. The van der Waals surface area contributed by atoms with Crippen molar-refractivity contribution in [3.63, 3.8) is 0 Å². The van der Waals surface area contributed by atoms with Crippen molar-refractivity contribution in [3.05, 3.63) is 81.9 Å².